The number of fused-ring (bicyclic) bond motifs is 2. The van der Waals surface area contributed by atoms with Gasteiger partial charge in [-0.1, -0.05) is 164 Å². The maximum absolute atomic E-state index is 2.60. The predicted octanol–water partition coefficient (Wildman–Crippen LogP) is 12.9. The van der Waals surface area contributed by atoms with E-state index in [0.29, 0.717) is 23.7 Å². The van der Waals surface area contributed by atoms with E-state index in [2.05, 4.69) is 153 Å². The van der Waals surface area contributed by atoms with Gasteiger partial charge in [-0.3, -0.25) is 0 Å². The molecule has 0 N–H and O–H groups in total. The van der Waals surface area contributed by atoms with Crippen molar-refractivity contribution in [1.82, 2.24) is 0 Å². The third-order valence-electron chi connectivity index (χ3n) is 10.6. The largest absolute Gasteiger partial charge is 0.103 e. The van der Waals surface area contributed by atoms with E-state index < -0.39 is 8.07 Å². The van der Waals surface area contributed by atoms with Crippen LogP contribution in [0.4, 0.5) is 0 Å². The lowest BCUT2D eigenvalue weighted by atomic mass is 9.89. The molecule has 4 aromatic carbocycles. The highest BCUT2D eigenvalue weighted by molar-refractivity contribution is 6.92. The monoisotopic (exact) mass is 608 g/mol. The molecule has 0 nitrogen and oxygen atoms in total. The summed E-state index contributed by atoms with van der Waals surface area (Å²) in [5, 5.41) is 3.33. The molecule has 0 fully saturated rings. The molecule has 6 rings (SSSR count). The van der Waals surface area contributed by atoms with E-state index in [9.17, 15) is 0 Å². The molecule has 2 aliphatic rings. The molecule has 0 aliphatic heterocycles. The zero-order valence-corrected chi connectivity index (χ0v) is 30.3. The second-order valence-electron chi connectivity index (χ2n) is 15.5. The Morgan fingerprint density at radius 1 is 0.467 bits per heavy atom. The smallest absolute Gasteiger partial charge is 0.0714 e. The minimum absolute atomic E-state index is 0.516. The summed E-state index contributed by atoms with van der Waals surface area (Å²) >= 11 is 0. The first-order valence-electron chi connectivity index (χ1n) is 17.3. The van der Waals surface area contributed by atoms with Gasteiger partial charge in [0, 0.05) is 0 Å². The molecule has 0 bridgehead atoms. The highest BCUT2D eigenvalue weighted by atomic mass is 28.3. The lowest BCUT2D eigenvalue weighted by molar-refractivity contribution is 0.834. The second kappa shape index (κ2) is 12.1. The topological polar surface area (TPSA) is 0 Å². The van der Waals surface area contributed by atoms with Gasteiger partial charge in [-0.2, -0.15) is 0 Å². The summed E-state index contributed by atoms with van der Waals surface area (Å²) in [5.74, 6) is 2.06. The van der Waals surface area contributed by atoms with Crippen LogP contribution in [0, 0.1) is 0 Å². The van der Waals surface area contributed by atoms with Crippen LogP contribution in [0.5, 0.6) is 0 Å². The third kappa shape index (κ3) is 5.97. The average molecular weight is 609 g/mol. The summed E-state index contributed by atoms with van der Waals surface area (Å²) < 4.78 is 0. The highest BCUT2D eigenvalue weighted by Gasteiger charge is 2.36. The standard InChI is InChI=1S/C44H52Si/c1-27(2)33-17-34(28(3)4)20-37(19-33)41-15-11-13-31-23-39(25-43(31)41)45(9,10)40-24-32-14-12-16-42(44(32)26-40)38-21-35(29(5)6)18-36(22-38)30(7)8/h11-22,25-30H,23-24H2,1-10H3. The van der Waals surface area contributed by atoms with Gasteiger partial charge in [0.25, 0.3) is 0 Å². The summed E-state index contributed by atoms with van der Waals surface area (Å²) in [6.45, 7) is 23.7. The Labute approximate surface area is 274 Å². The predicted molar refractivity (Wildman–Crippen MR) is 201 cm³/mol. The minimum atomic E-state index is -1.87. The van der Waals surface area contributed by atoms with Gasteiger partial charge in [-0.05, 0) is 103 Å². The van der Waals surface area contributed by atoms with E-state index in [1.807, 2.05) is 0 Å². The fraction of sp³-hybridized carbons (Fsp3) is 0.364. The van der Waals surface area contributed by atoms with Crippen molar-refractivity contribution in [3.8, 4) is 22.3 Å². The number of rotatable bonds is 8. The molecule has 0 saturated heterocycles. The van der Waals surface area contributed by atoms with Crippen molar-refractivity contribution in [3.63, 3.8) is 0 Å². The summed E-state index contributed by atoms with van der Waals surface area (Å²) in [5.41, 5.74) is 17.2. The summed E-state index contributed by atoms with van der Waals surface area (Å²) in [7, 11) is -1.87. The quantitative estimate of drug-likeness (QED) is 0.175. The molecule has 232 valence electrons. The van der Waals surface area contributed by atoms with Crippen LogP contribution in [-0.4, -0.2) is 8.07 Å². The van der Waals surface area contributed by atoms with Gasteiger partial charge in [-0.15, -0.1) is 0 Å². The molecule has 0 radical (unpaired) electrons. The van der Waals surface area contributed by atoms with Gasteiger partial charge in [0.05, 0.1) is 0 Å². The average Bonchev–Trinajstić information content (AvgIpc) is 3.66. The Bertz CT molecular complexity index is 1640. The first kappa shape index (κ1) is 31.6. The SMILES string of the molecule is CC(C)c1cc(-c2cccc3c2C=C([Si](C)(C)C2=Cc4c(cccc4-c4cc(C(C)C)cc(C(C)C)c4)C2)C3)cc(C(C)C)c1. The van der Waals surface area contributed by atoms with E-state index in [0.717, 1.165) is 12.8 Å². The summed E-state index contributed by atoms with van der Waals surface area (Å²) in [4.78, 5) is 0. The van der Waals surface area contributed by atoms with Gasteiger partial charge >= 0.3 is 0 Å². The zero-order valence-electron chi connectivity index (χ0n) is 29.3. The van der Waals surface area contributed by atoms with Crippen LogP contribution in [0.3, 0.4) is 0 Å². The van der Waals surface area contributed by atoms with E-state index >= 15 is 0 Å². The van der Waals surface area contributed by atoms with Gasteiger partial charge in [0.1, 0.15) is 8.07 Å². The Morgan fingerprint density at radius 3 is 1.11 bits per heavy atom. The van der Waals surface area contributed by atoms with Crippen molar-refractivity contribution in [2.24, 2.45) is 0 Å². The molecule has 0 amide bonds. The Kier molecular flexibility index (Phi) is 8.46. The van der Waals surface area contributed by atoms with Crippen molar-refractivity contribution in [1.29, 1.82) is 0 Å². The molecule has 0 spiro atoms. The summed E-state index contributed by atoms with van der Waals surface area (Å²) in [6.07, 6.45) is 7.36. The van der Waals surface area contributed by atoms with Gasteiger partial charge < -0.3 is 0 Å². The van der Waals surface area contributed by atoms with E-state index in [1.54, 1.807) is 10.4 Å². The normalized spacial score (nSPS) is 14.4. The van der Waals surface area contributed by atoms with Crippen LogP contribution in [-0.2, 0) is 12.8 Å². The van der Waals surface area contributed by atoms with Crippen LogP contribution in [0.1, 0.15) is 124 Å². The van der Waals surface area contributed by atoms with Gasteiger partial charge in [0.2, 0.25) is 0 Å². The minimum Gasteiger partial charge on any atom is -0.0714 e. The van der Waals surface area contributed by atoms with E-state index in [1.165, 1.54) is 66.8 Å². The van der Waals surface area contributed by atoms with Crippen LogP contribution in [0.2, 0.25) is 13.1 Å². The molecule has 1 heteroatoms. The number of hydrogen-bond acceptors (Lipinski definition) is 0. The molecule has 0 unspecified atom stereocenters. The van der Waals surface area contributed by atoms with Crippen molar-refractivity contribution >= 4 is 20.2 Å². The van der Waals surface area contributed by atoms with Crippen molar-refractivity contribution in [3.05, 3.63) is 128 Å². The van der Waals surface area contributed by atoms with Gasteiger partial charge in [0.15, 0.2) is 0 Å². The maximum Gasteiger partial charge on any atom is 0.103 e. The van der Waals surface area contributed by atoms with Crippen LogP contribution in [0.15, 0.2) is 83.2 Å². The fourth-order valence-electron chi connectivity index (χ4n) is 7.25. The third-order valence-corrected chi connectivity index (χ3v) is 14.5. The Hall–Kier alpha value is -3.42. The van der Waals surface area contributed by atoms with Crippen LogP contribution < -0.4 is 0 Å². The number of hydrogen-bond donors (Lipinski definition) is 0. The molecule has 0 aromatic heterocycles. The van der Waals surface area contributed by atoms with E-state index in [-0.39, 0.29) is 0 Å². The van der Waals surface area contributed by atoms with Crippen LogP contribution >= 0.6 is 0 Å². The molecule has 0 heterocycles. The Morgan fingerprint density at radius 2 is 0.800 bits per heavy atom. The van der Waals surface area contributed by atoms with Gasteiger partial charge in [-0.25, -0.2) is 0 Å². The maximum atomic E-state index is 2.60. The molecule has 45 heavy (non-hydrogen) atoms. The van der Waals surface area contributed by atoms with Crippen molar-refractivity contribution in [2.45, 2.75) is 105 Å². The Balaban J connectivity index is 1.39. The van der Waals surface area contributed by atoms with Crippen molar-refractivity contribution in [2.75, 3.05) is 0 Å². The molecular weight excluding hydrogens is 557 g/mol. The van der Waals surface area contributed by atoms with Crippen LogP contribution in [0.25, 0.3) is 34.4 Å². The fourth-order valence-corrected chi connectivity index (χ4v) is 9.93. The zero-order chi connectivity index (χ0) is 32.2. The number of allylic oxidation sites excluding steroid dienone is 2. The molecule has 0 saturated carbocycles. The molecular formula is C44H52Si. The van der Waals surface area contributed by atoms with Crippen molar-refractivity contribution < 1.29 is 0 Å². The lowest BCUT2D eigenvalue weighted by Gasteiger charge is -2.26. The highest BCUT2D eigenvalue weighted by Crippen LogP contribution is 2.44. The first-order chi connectivity index (χ1) is 21.3. The van der Waals surface area contributed by atoms with E-state index in [4.69, 9.17) is 0 Å². The lowest BCUT2D eigenvalue weighted by Crippen LogP contribution is -2.32. The number of benzene rings is 4. The summed E-state index contributed by atoms with van der Waals surface area (Å²) in [6, 6.07) is 28.6. The molecule has 0 atom stereocenters. The molecule has 2 aliphatic carbocycles. The first-order valence-corrected chi connectivity index (χ1v) is 20.3. The molecule has 4 aromatic rings. The second-order valence-corrected chi connectivity index (χ2v) is 20.0.